The van der Waals surface area contributed by atoms with Crippen LogP contribution in [-0.2, 0) is 9.53 Å². The minimum atomic E-state index is 0.264. The Bertz CT molecular complexity index is 195. The van der Waals surface area contributed by atoms with Crippen molar-refractivity contribution in [3.63, 3.8) is 0 Å². The summed E-state index contributed by atoms with van der Waals surface area (Å²) in [6, 6.07) is 0.393. The van der Waals surface area contributed by atoms with Crippen molar-refractivity contribution in [3.05, 3.63) is 0 Å². The second-order valence-electron chi connectivity index (χ2n) is 4.03. The minimum Gasteiger partial charge on any atom is -0.378 e. The molecular weight excluding hydrogens is 166 g/mol. The first-order valence-electron chi connectivity index (χ1n) is 5.21. The van der Waals surface area contributed by atoms with E-state index in [1.165, 1.54) is 0 Å². The Hall–Kier alpha value is -0.570. The Morgan fingerprint density at radius 3 is 2.69 bits per heavy atom. The third-order valence-corrected chi connectivity index (χ3v) is 2.79. The maximum absolute atomic E-state index is 11.3. The molecular formula is C10H17NO2. The van der Waals surface area contributed by atoms with Gasteiger partial charge in [-0.05, 0) is 32.6 Å². The fourth-order valence-electron chi connectivity index (χ4n) is 1.72. The summed E-state index contributed by atoms with van der Waals surface area (Å²) in [5.74, 6) is 0.603. The summed E-state index contributed by atoms with van der Waals surface area (Å²) in [6.07, 6.45) is 4.59. The van der Waals surface area contributed by atoms with E-state index in [1.807, 2.05) is 6.92 Å². The van der Waals surface area contributed by atoms with Crippen molar-refractivity contribution in [1.29, 1.82) is 0 Å². The molecule has 2 saturated carbocycles. The van der Waals surface area contributed by atoms with Gasteiger partial charge in [-0.25, -0.2) is 0 Å². The van der Waals surface area contributed by atoms with Gasteiger partial charge in [0.1, 0.15) is 0 Å². The Kier molecular flexibility index (Phi) is 2.54. The lowest BCUT2D eigenvalue weighted by atomic mass is 9.89. The third-order valence-electron chi connectivity index (χ3n) is 2.79. The molecule has 0 saturated heterocycles. The van der Waals surface area contributed by atoms with Gasteiger partial charge in [0.2, 0.25) is 5.91 Å². The standard InChI is InChI=1S/C10H17NO2/c1-2-13-9-5-8(6-9)11-10(12)7-3-4-7/h7-9H,2-6H2,1H3,(H,11,12). The molecule has 3 heteroatoms. The summed E-state index contributed by atoms with van der Waals surface area (Å²) in [6.45, 7) is 2.80. The molecule has 2 rings (SSSR count). The van der Waals surface area contributed by atoms with Crippen LogP contribution in [0, 0.1) is 5.92 Å². The van der Waals surface area contributed by atoms with Gasteiger partial charge in [0.05, 0.1) is 6.10 Å². The van der Waals surface area contributed by atoms with Crippen LogP contribution >= 0.6 is 0 Å². The van der Waals surface area contributed by atoms with Crippen LogP contribution < -0.4 is 5.32 Å². The van der Waals surface area contributed by atoms with E-state index in [4.69, 9.17) is 4.74 Å². The van der Waals surface area contributed by atoms with Gasteiger partial charge in [0, 0.05) is 18.6 Å². The van der Waals surface area contributed by atoms with Crippen LogP contribution in [0.2, 0.25) is 0 Å². The normalized spacial score (nSPS) is 32.4. The molecule has 1 N–H and O–H groups in total. The monoisotopic (exact) mass is 183 g/mol. The highest BCUT2D eigenvalue weighted by Gasteiger charge is 2.35. The molecule has 74 valence electrons. The van der Waals surface area contributed by atoms with Crippen molar-refractivity contribution >= 4 is 5.91 Å². The van der Waals surface area contributed by atoms with Crippen LogP contribution in [0.4, 0.5) is 0 Å². The number of ether oxygens (including phenoxy) is 1. The third kappa shape index (κ3) is 2.21. The first-order valence-corrected chi connectivity index (χ1v) is 5.21. The molecule has 0 bridgehead atoms. The van der Waals surface area contributed by atoms with Crippen molar-refractivity contribution < 1.29 is 9.53 Å². The van der Waals surface area contributed by atoms with E-state index < -0.39 is 0 Å². The van der Waals surface area contributed by atoms with Crippen LogP contribution in [0.25, 0.3) is 0 Å². The molecule has 0 heterocycles. The highest BCUT2D eigenvalue weighted by Crippen LogP contribution is 2.30. The lowest BCUT2D eigenvalue weighted by Gasteiger charge is -2.35. The average Bonchev–Trinajstić information content (AvgIpc) is 2.82. The van der Waals surface area contributed by atoms with Gasteiger partial charge in [0.25, 0.3) is 0 Å². The van der Waals surface area contributed by atoms with Crippen LogP contribution in [-0.4, -0.2) is 24.7 Å². The number of amides is 1. The molecule has 0 atom stereocenters. The quantitative estimate of drug-likeness (QED) is 0.708. The highest BCUT2D eigenvalue weighted by molar-refractivity contribution is 5.81. The topological polar surface area (TPSA) is 38.3 Å². The van der Waals surface area contributed by atoms with Crippen molar-refractivity contribution in [1.82, 2.24) is 5.32 Å². The number of hydrogen-bond acceptors (Lipinski definition) is 2. The minimum absolute atomic E-state index is 0.264. The predicted octanol–water partition coefficient (Wildman–Crippen LogP) is 1.08. The van der Waals surface area contributed by atoms with Crippen LogP contribution in [0.5, 0.6) is 0 Å². The number of nitrogens with one attached hydrogen (secondary N) is 1. The van der Waals surface area contributed by atoms with E-state index in [1.54, 1.807) is 0 Å². The molecule has 0 spiro atoms. The van der Waals surface area contributed by atoms with E-state index >= 15 is 0 Å². The Labute approximate surface area is 78.8 Å². The summed E-state index contributed by atoms with van der Waals surface area (Å²) >= 11 is 0. The second kappa shape index (κ2) is 3.66. The first kappa shape index (κ1) is 9.00. The van der Waals surface area contributed by atoms with Crippen LogP contribution in [0.1, 0.15) is 32.6 Å². The summed E-state index contributed by atoms with van der Waals surface area (Å²) in [5.41, 5.74) is 0. The van der Waals surface area contributed by atoms with E-state index in [-0.39, 0.29) is 5.91 Å². The smallest absolute Gasteiger partial charge is 0.223 e. The molecule has 0 aliphatic heterocycles. The summed E-state index contributed by atoms with van der Waals surface area (Å²) < 4.78 is 5.41. The zero-order valence-electron chi connectivity index (χ0n) is 8.08. The lowest BCUT2D eigenvalue weighted by Crippen LogP contribution is -2.48. The van der Waals surface area contributed by atoms with Gasteiger partial charge in [0.15, 0.2) is 0 Å². The van der Waals surface area contributed by atoms with E-state index in [0.29, 0.717) is 18.1 Å². The molecule has 0 aromatic carbocycles. The highest BCUT2D eigenvalue weighted by atomic mass is 16.5. The molecule has 0 radical (unpaired) electrons. The number of carbonyl (C=O) groups is 1. The maximum atomic E-state index is 11.3. The molecule has 13 heavy (non-hydrogen) atoms. The van der Waals surface area contributed by atoms with E-state index in [2.05, 4.69) is 5.32 Å². The van der Waals surface area contributed by atoms with Crippen molar-refractivity contribution in [2.75, 3.05) is 6.61 Å². The number of carbonyl (C=O) groups excluding carboxylic acids is 1. The van der Waals surface area contributed by atoms with Gasteiger partial charge < -0.3 is 10.1 Å². The summed E-state index contributed by atoms with van der Waals surface area (Å²) in [4.78, 5) is 11.3. The SMILES string of the molecule is CCOC1CC(NC(=O)C2CC2)C1. The van der Waals surface area contributed by atoms with Gasteiger partial charge in [-0.2, -0.15) is 0 Å². The van der Waals surface area contributed by atoms with Crippen molar-refractivity contribution in [3.8, 4) is 0 Å². The lowest BCUT2D eigenvalue weighted by molar-refractivity contribution is -0.124. The van der Waals surface area contributed by atoms with Gasteiger partial charge in [-0.3, -0.25) is 4.79 Å². The first-order chi connectivity index (χ1) is 6.29. The number of hydrogen-bond donors (Lipinski definition) is 1. The van der Waals surface area contributed by atoms with Gasteiger partial charge in [-0.15, -0.1) is 0 Å². The Balaban J connectivity index is 1.60. The molecule has 0 aromatic heterocycles. The fraction of sp³-hybridized carbons (Fsp3) is 0.900. The molecule has 0 unspecified atom stereocenters. The van der Waals surface area contributed by atoms with Crippen LogP contribution in [0.15, 0.2) is 0 Å². The molecule has 2 aliphatic carbocycles. The predicted molar refractivity (Wildman–Crippen MR) is 49.3 cm³/mol. The zero-order valence-corrected chi connectivity index (χ0v) is 8.08. The molecule has 0 aromatic rings. The Morgan fingerprint density at radius 2 is 2.15 bits per heavy atom. The molecule has 1 amide bonds. The molecule has 3 nitrogen and oxygen atoms in total. The van der Waals surface area contributed by atoms with Gasteiger partial charge in [-0.1, -0.05) is 0 Å². The van der Waals surface area contributed by atoms with E-state index in [0.717, 1.165) is 32.3 Å². The fourth-order valence-corrected chi connectivity index (χ4v) is 1.72. The maximum Gasteiger partial charge on any atom is 0.223 e. The summed E-state index contributed by atoms with van der Waals surface area (Å²) in [7, 11) is 0. The van der Waals surface area contributed by atoms with E-state index in [9.17, 15) is 4.79 Å². The largest absolute Gasteiger partial charge is 0.378 e. The van der Waals surface area contributed by atoms with Crippen molar-refractivity contribution in [2.24, 2.45) is 5.92 Å². The molecule has 2 fully saturated rings. The van der Waals surface area contributed by atoms with Crippen molar-refractivity contribution in [2.45, 2.75) is 44.8 Å². The molecule has 2 aliphatic rings. The summed E-state index contributed by atoms with van der Waals surface area (Å²) in [5, 5.41) is 3.05. The Morgan fingerprint density at radius 1 is 1.46 bits per heavy atom. The van der Waals surface area contributed by atoms with Gasteiger partial charge >= 0.3 is 0 Å². The van der Waals surface area contributed by atoms with Crippen LogP contribution in [0.3, 0.4) is 0 Å². The zero-order chi connectivity index (χ0) is 9.26. The average molecular weight is 183 g/mol. The number of rotatable bonds is 4. The second-order valence-corrected chi connectivity index (χ2v) is 4.03.